The molecule has 162 valence electrons. The monoisotopic (exact) mass is 438 g/mol. The van der Waals surface area contributed by atoms with Gasteiger partial charge >= 0.3 is 0 Å². The molecule has 1 aliphatic heterocycles. The van der Waals surface area contributed by atoms with Crippen LogP contribution in [-0.2, 0) is 21.2 Å². The Balaban J connectivity index is 1.87. The summed E-state index contributed by atoms with van der Waals surface area (Å²) in [6.45, 7) is 3.45. The van der Waals surface area contributed by atoms with E-state index in [1.165, 1.54) is 25.1 Å². The second kappa shape index (κ2) is 8.79. The number of aliphatic hydroxyl groups is 1. The minimum absolute atomic E-state index is 0.0133. The molecular formula is C21H24F2N2O4S. The Hall–Kier alpha value is -2.36. The number of hydrogen-bond acceptors (Lipinski definition) is 4. The van der Waals surface area contributed by atoms with Gasteiger partial charge < -0.3 is 10.4 Å². The third kappa shape index (κ3) is 4.53. The van der Waals surface area contributed by atoms with Crippen LogP contribution in [0.15, 0.2) is 41.3 Å². The molecule has 1 amide bonds. The van der Waals surface area contributed by atoms with Crippen LogP contribution in [0.1, 0.15) is 30.9 Å². The van der Waals surface area contributed by atoms with E-state index in [4.69, 9.17) is 0 Å². The van der Waals surface area contributed by atoms with Crippen molar-refractivity contribution in [2.75, 3.05) is 11.9 Å². The van der Waals surface area contributed by atoms with E-state index in [0.29, 0.717) is 12.8 Å². The van der Waals surface area contributed by atoms with Gasteiger partial charge in [-0.05, 0) is 51.0 Å². The van der Waals surface area contributed by atoms with E-state index >= 15 is 0 Å². The maximum absolute atomic E-state index is 14.2. The summed E-state index contributed by atoms with van der Waals surface area (Å²) in [5, 5.41) is 12.1. The van der Waals surface area contributed by atoms with Gasteiger partial charge in [0, 0.05) is 24.2 Å². The standard InChI is InChI=1S/C21H24F2N2O4S/c1-13-5-7-15(8-6-13)30(28,29)25-11-3-4-19(25)21(27)24-18-10-9-17(22)20(23)16(18)12-14(2)26/h5-10,14,19,26H,3-4,11-12H2,1-2H3,(H,24,27)/t14-,19-/m0/s1. The quantitative estimate of drug-likeness (QED) is 0.726. The first-order valence-corrected chi connectivity index (χ1v) is 11.1. The van der Waals surface area contributed by atoms with Crippen LogP contribution in [0.25, 0.3) is 0 Å². The Morgan fingerprint density at radius 3 is 2.53 bits per heavy atom. The number of nitrogens with zero attached hydrogens (tertiary/aromatic N) is 1. The maximum atomic E-state index is 14.2. The molecule has 1 saturated heterocycles. The van der Waals surface area contributed by atoms with E-state index in [0.717, 1.165) is 15.9 Å². The first kappa shape index (κ1) is 22.3. The van der Waals surface area contributed by atoms with Crippen LogP contribution in [-0.4, -0.2) is 42.4 Å². The number of hydrogen-bond donors (Lipinski definition) is 2. The third-order valence-electron chi connectivity index (χ3n) is 5.09. The largest absolute Gasteiger partial charge is 0.393 e. The van der Waals surface area contributed by atoms with E-state index in [1.54, 1.807) is 12.1 Å². The molecule has 0 aromatic heterocycles. The van der Waals surface area contributed by atoms with Crippen molar-refractivity contribution in [2.45, 2.75) is 50.2 Å². The van der Waals surface area contributed by atoms with Crippen LogP contribution in [0.4, 0.5) is 14.5 Å². The summed E-state index contributed by atoms with van der Waals surface area (Å²) in [6.07, 6.45) is -0.342. The first-order chi connectivity index (χ1) is 14.1. The predicted octanol–water partition coefficient (Wildman–Crippen LogP) is 2.99. The zero-order valence-electron chi connectivity index (χ0n) is 16.7. The fraction of sp³-hybridized carbons (Fsp3) is 0.381. The molecule has 0 spiro atoms. The summed E-state index contributed by atoms with van der Waals surface area (Å²) in [5.41, 5.74) is 0.761. The summed E-state index contributed by atoms with van der Waals surface area (Å²) >= 11 is 0. The minimum Gasteiger partial charge on any atom is -0.393 e. The number of aryl methyl sites for hydroxylation is 1. The van der Waals surface area contributed by atoms with Crippen molar-refractivity contribution in [3.63, 3.8) is 0 Å². The predicted molar refractivity (Wildman–Crippen MR) is 108 cm³/mol. The van der Waals surface area contributed by atoms with Crippen molar-refractivity contribution in [1.29, 1.82) is 0 Å². The summed E-state index contributed by atoms with van der Waals surface area (Å²) in [6, 6.07) is 7.47. The molecule has 0 radical (unpaired) electrons. The van der Waals surface area contributed by atoms with Gasteiger partial charge in [-0.3, -0.25) is 4.79 Å². The molecule has 0 unspecified atom stereocenters. The SMILES string of the molecule is Cc1ccc(S(=O)(=O)N2CCC[C@H]2C(=O)Nc2ccc(F)c(F)c2C[C@H](C)O)cc1. The van der Waals surface area contributed by atoms with Crippen LogP contribution in [0.3, 0.4) is 0 Å². The van der Waals surface area contributed by atoms with E-state index < -0.39 is 39.7 Å². The normalized spacial score (nSPS) is 18.4. The lowest BCUT2D eigenvalue weighted by molar-refractivity contribution is -0.119. The number of rotatable bonds is 6. The van der Waals surface area contributed by atoms with Crippen molar-refractivity contribution in [3.8, 4) is 0 Å². The average molecular weight is 438 g/mol. The van der Waals surface area contributed by atoms with Crippen LogP contribution >= 0.6 is 0 Å². The first-order valence-electron chi connectivity index (χ1n) is 9.65. The molecule has 1 fully saturated rings. The second-order valence-corrected chi connectivity index (χ2v) is 9.41. The third-order valence-corrected chi connectivity index (χ3v) is 7.01. The number of halogens is 2. The second-order valence-electron chi connectivity index (χ2n) is 7.52. The van der Waals surface area contributed by atoms with Gasteiger partial charge in [-0.25, -0.2) is 17.2 Å². The number of anilines is 1. The molecule has 2 N–H and O–H groups in total. The van der Waals surface area contributed by atoms with Crippen LogP contribution in [0.2, 0.25) is 0 Å². The lowest BCUT2D eigenvalue weighted by atomic mass is 10.0. The van der Waals surface area contributed by atoms with Crippen LogP contribution in [0, 0.1) is 18.6 Å². The van der Waals surface area contributed by atoms with Gasteiger partial charge in [-0.2, -0.15) is 4.31 Å². The van der Waals surface area contributed by atoms with Gasteiger partial charge in [-0.1, -0.05) is 17.7 Å². The average Bonchev–Trinajstić information content (AvgIpc) is 3.18. The molecule has 2 atom stereocenters. The lowest BCUT2D eigenvalue weighted by Crippen LogP contribution is -2.43. The molecule has 1 aliphatic rings. The Morgan fingerprint density at radius 1 is 1.23 bits per heavy atom. The number of amides is 1. The van der Waals surface area contributed by atoms with Gasteiger partial charge in [0.05, 0.1) is 11.0 Å². The zero-order chi connectivity index (χ0) is 22.1. The fourth-order valence-corrected chi connectivity index (χ4v) is 5.21. The summed E-state index contributed by atoms with van der Waals surface area (Å²) in [4.78, 5) is 13.0. The van der Waals surface area contributed by atoms with Crippen LogP contribution < -0.4 is 5.32 Å². The van der Waals surface area contributed by atoms with E-state index in [2.05, 4.69) is 5.32 Å². The van der Waals surface area contributed by atoms with Gasteiger partial charge in [0.1, 0.15) is 6.04 Å². The van der Waals surface area contributed by atoms with Gasteiger partial charge in [0.25, 0.3) is 0 Å². The highest BCUT2D eigenvalue weighted by Crippen LogP contribution is 2.29. The maximum Gasteiger partial charge on any atom is 0.243 e. The molecule has 9 heteroatoms. The molecule has 6 nitrogen and oxygen atoms in total. The van der Waals surface area contributed by atoms with Crippen molar-refractivity contribution >= 4 is 21.6 Å². The lowest BCUT2D eigenvalue weighted by Gasteiger charge is -2.24. The molecule has 3 rings (SSSR count). The number of aliphatic hydroxyl groups excluding tert-OH is 1. The van der Waals surface area contributed by atoms with Crippen LogP contribution in [0.5, 0.6) is 0 Å². The Bertz CT molecular complexity index is 1040. The van der Waals surface area contributed by atoms with Gasteiger partial charge in [0.2, 0.25) is 15.9 Å². The topological polar surface area (TPSA) is 86.7 Å². The number of carbonyl (C=O) groups is 1. The van der Waals surface area contributed by atoms with Gasteiger partial charge in [-0.15, -0.1) is 0 Å². The smallest absolute Gasteiger partial charge is 0.243 e. The van der Waals surface area contributed by atoms with E-state index in [-0.39, 0.29) is 29.1 Å². The molecule has 30 heavy (non-hydrogen) atoms. The zero-order valence-corrected chi connectivity index (χ0v) is 17.5. The number of nitrogens with one attached hydrogen (secondary N) is 1. The Labute approximate surface area is 174 Å². The molecule has 0 bridgehead atoms. The fourth-order valence-electron chi connectivity index (χ4n) is 3.56. The highest BCUT2D eigenvalue weighted by Gasteiger charge is 2.39. The highest BCUT2D eigenvalue weighted by molar-refractivity contribution is 7.89. The summed E-state index contributed by atoms with van der Waals surface area (Å²) < 4.78 is 55.0. The number of benzene rings is 2. The van der Waals surface area contributed by atoms with E-state index in [1.807, 2.05) is 6.92 Å². The van der Waals surface area contributed by atoms with Crippen molar-refractivity contribution < 1.29 is 27.1 Å². The number of carbonyl (C=O) groups excluding carboxylic acids is 1. The molecule has 0 saturated carbocycles. The minimum atomic E-state index is -3.89. The Morgan fingerprint density at radius 2 is 1.90 bits per heavy atom. The molecule has 2 aromatic carbocycles. The summed E-state index contributed by atoms with van der Waals surface area (Å²) in [7, 11) is -3.89. The molecule has 0 aliphatic carbocycles. The van der Waals surface area contributed by atoms with Crippen molar-refractivity contribution in [3.05, 3.63) is 59.2 Å². The summed E-state index contributed by atoms with van der Waals surface area (Å²) in [5.74, 6) is -2.86. The highest BCUT2D eigenvalue weighted by atomic mass is 32.2. The van der Waals surface area contributed by atoms with Crippen molar-refractivity contribution in [2.24, 2.45) is 0 Å². The molecule has 1 heterocycles. The molecule has 2 aromatic rings. The van der Waals surface area contributed by atoms with Crippen molar-refractivity contribution in [1.82, 2.24) is 4.31 Å². The molecular weight excluding hydrogens is 414 g/mol. The number of sulfonamides is 1. The van der Waals surface area contributed by atoms with E-state index in [9.17, 15) is 27.1 Å². The van der Waals surface area contributed by atoms with Gasteiger partial charge in [0.15, 0.2) is 11.6 Å². The Kier molecular flexibility index (Phi) is 6.54.